The van der Waals surface area contributed by atoms with Crippen molar-refractivity contribution in [2.45, 2.75) is 39.8 Å². The maximum Gasteiger partial charge on any atom is 0.0727 e. The van der Waals surface area contributed by atoms with Gasteiger partial charge in [0.1, 0.15) is 0 Å². The summed E-state index contributed by atoms with van der Waals surface area (Å²) in [6.07, 6.45) is 2.29. The van der Waals surface area contributed by atoms with Gasteiger partial charge >= 0.3 is 0 Å². The van der Waals surface area contributed by atoms with Crippen molar-refractivity contribution in [3.63, 3.8) is 0 Å². The van der Waals surface area contributed by atoms with E-state index in [1.54, 1.807) is 0 Å². The van der Waals surface area contributed by atoms with Crippen LogP contribution in [0.25, 0.3) is 0 Å². The lowest BCUT2D eigenvalue weighted by atomic mass is 10.0. The Labute approximate surface area is 120 Å². The number of hydrogen-bond acceptors (Lipinski definition) is 4. The topological polar surface area (TPSA) is 30.5 Å². The van der Waals surface area contributed by atoms with Gasteiger partial charge in [-0.25, -0.2) is 0 Å². The lowest BCUT2D eigenvalue weighted by Gasteiger charge is -2.21. The molecule has 1 aromatic rings. The van der Waals surface area contributed by atoms with Crippen molar-refractivity contribution < 1.29 is 9.47 Å². The van der Waals surface area contributed by atoms with Gasteiger partial charge in [-0.2, -0.15) is 0 Å². The average molecular weight is 283 g/mol. The first-order chi connectivity index (χ1) is 9.29. The third-order valence-electron chi connectivity index (χ3n) is 3.57. The second-order valence-corrected chi connectivity index (χ2v) is 6.49. The molecule has 19 heavy (non-hydrogen) atoms. The molecule has 2 rings (SSSR count). The normalized spacial score (nSPS) is 16.9. The number of aryl methyl sites for hydroxylation is 1. The molecule has 4 heteroatoms. The Balaban J connectivity index is 1.73. The van der Waals surface area contributed by atoms with Crippen molar-refractivity contribution in [3.05, 3.63) is 21.4 Å². The van der Waals surface area contributed by atoms with Crippen LogP contribution in [0.1, 0.15) is 35.1 Å². The highest BCUT2D eigenvalue weighted by Crippen LogP contribution is 2.23. The molecule has 0 aromatic carbocycles. The largest absolute Gasteiger partial charge is 0.381 e. The van der Waals surface area contributed by atoms with Crippen LogP contribution in [-0.2, 0) is 22.6 Å². The van der Waals surface area contributed by atoms with Gasteiger partial charge in [0.25, 0.3) is 0 Å². The number of hydrogen-bond donors (Lipinski definition) is 1. The van der Waals surface area contributed by atoms with Crippen LogP contribution in [-0.4, -0.2) is 26.4 Å². The Bertz CT molecular complexity index is 372. The molecule has 1 aliphatic heterocycles. The minimum atomic E-state index is 0.689. The van der Waals surface area contributed by atoms with Gasteiger partial charge in [-0.1, -0.05) is 6.92 Å². The van der Waals surface area contributed by atoms with Crippen molar-refractivity contribution >= 4 is 11.3 Å². The highest BCUT2D eigenvalue weighted by molar-refractivity contribution is 7.12. The molecule has 1 aromatic heterocycles. The first kappa shape index (κ1) is 15.0. The Kier molecular flexibility index (Phi) is 6.31. The second-order valence-electron chi connectivity index (χ2n) is 5.15. The molecule has 2 heterocycles. The van der Waals surface area contributed by atoms with E-state index in [9.17, 15) is 0 Å². The minimum Gasteiger partial charge on any atom is -0.381 e. The van der Waals surface area contributed by atoms with E-state index in [4.69, 9.17) is 9.47 Å². The van der Waals surface area contributed by atoms with Crippen LogP contribution >= 0.6 is 11.3 Å². The molecule has 0 atom stereocenters. The molecule has 0 aliphatic carbocycles. The fourth-order valence-electron chi connectivity index (χ4n) is 2.31. The summed E-state index contributed by atoms with van der Waals surface area (Å²) in [6.45, 7) is 9.75. The molecular formula is C15H25NO2S. The van der Waals surface area contributed by atoms with Crippen LogP contribution < -0.4 is 5.32 Å². The minimum absolute atomic E-state index is 0.689. The van der Waals surface area contributed by atoms with Gasteiger partial charge in [-0.3, -0.25) is 0 Å². The molecule has 0 radical (unpaired) electrons. The molecule has 1 aliphatic rings. The van der Waals surface area contributed by atoms with Crippen molar-refractivity contribution in [3.8, 4) is 0 Å². The van der Waals surface area contributed by atoms with Crippen molar-refractivity contribution in [2.75, 3.05) is 26.4 Å². The summed E-state index contributed by atoms with van der Waals surface area (Å²) in [7, 11) is 0. The maximum absolute atomic E-state index is 5.89. The zero-order valence-electron chi connectivity index (χ0n) is 12.0. The summed E-state index contributed by atoms with van der Waals surface area (Å²) in [5.41, 5.74) is 1.35. The first-order valence-electron chi connectivity index (χ1n) is 7.24. The van der Waals surface area contributed by atoms with Gasteiger partial charge in [0.2, 0.25) is 0 Å². The molecule has 108 valence electrons. The van der Waals surface area contributed by atoms with Gasteiger partial charge in [0.05, 0.1) is 13.2 Å². The number of rotatable bonds is 7. The fourth-order valence-corrected chi connectivity index (χ4v) is 3.33. The zero-order chi connectivity index (χ0) is 13.5. The first-order valence-corrected chi connectivity index (χ1v) is 8.05. The van der Waals surface area contributed by atoms with E-state index in [1.807, 2.05) is 11.3 Å². The molecule has 0 spiro atoms. The van der Waals surface area contributed by atoms with Crippen LogP contribution in [0.15, 0.2) is 6.07 Å². The van der Waals surface area contributed by atoms with Crippen molar-refractivity contribution in [2.24, 2.45) is 5.92 Å². The Hall–Kier alpha value is -0.420. The summed E-state index contributed by atoms with van der Waals surface area (Å²) in [4.78, 5) is 2.80. The van der Waals surface area contributed by atoms with Gasteiger partial charge in [0, 0.05) is 29.5 Å². The van der Waals surface area contributed by atoms with Crippen LogP contribution in [0.5, 0.6) is 0 Å². The fraction of sp³-hybridized carbons (Fsp3) is 0.733. The Morgan fingerprint density at radius 3 is 2.95 bits per heavy atom. The molecule has 0 bridgehead atoms. The number of nitrogens with one attached hydrogen (secondary N) is 1. The number of ether oxygens (including phenoxy) is 2. The van der Waals surface area contributed by atoms with E-state index >= 15 is 0 Å². The molecule has 3 nitrogen and oxygen atoms in total. The van der Waals surface area contributed by atoms with E-state index in [2.05, 4.69) is 25.2 Å². The predicted molar refractivity (Wildman–Crippen MR) is 79.6 cm³/mol. The third kappa shape index (κ3) is 4.88. The van der Waals surface area contributed by atoms with E-state index in [0.717, 1.165) is 52.4 Å². The van der Waals surface area contributed by atoms with Gasteiger partial charge < -0.3 is 14.8 Å². The maximum atomic E-state index is 5.89. The molecular weight excluding hydrogens is 258 g/mol. The molecule has 1 saturated heterocycles. The predicted octanol–water partition coefficient (Wildman–Crippen LogP) is 3.11. The molecule has 0 saturated carbocycles. The average Bonchev–Trinajstić information content (AvgIpc) is 2.78. The number of thiophene rings is 1. The van der Waals surface area contributed by atoms with E-state index in [0.29, 0.717) is 5.92 Å². The summed E-state index contributed by atoms with van der Waals surface area (Å²) < 4.78 is 11.3. The Morgan fingerprint density at radius 1 is 1.42 bits per heavy atom. The highest BCUT2D eigenvalue weighted by Gasteiger charge is 2.14. The molecule has 1 N–H and O–H groups in total. The second kappa shape index (κ2) is 8.00. The lowest BCUT2D eigenvalue weighted by Crippen LogP contribution is -2.20. The van der Waals surface area contributed by atoms with Crippen LogP contribution in [0, 0.1) is 12.8 Å². The standard InChI is InChI=1S/C15H25NO2S/c1-3-16-9-15-8-14(12(2)19-15)11-18-10-13-4-6-17-7-5-13/h8,13,16H,3-7,9-11H2,1-2H3. The quantitative estimate of drug-likeness (QED) is 0.834. The van der Waals surface area contributed by atoms with Crippen molar-refractivity contribution in [1.82, 2.24) is 5.32 Å². The summed E-state index contributed by atoms with van der Waals surface area (Å²) in [5.74, 6) is 0.689. The lowest BCUT2D eigenvalue weighted by molar-refractivity contribution is 0.0157. The highest BCUT2D eigenvalue weighted by atomic mass is 32.1. The van der Waals surface area contributed by atoms with Crippen molar-refractivity contribution in [1.29, 1.82) is 0 Å². The monoisotopic (exact) mass is 283 g/mol. The summed E-state index contributed by atoms with van der Waals surface area (Å²) >= 11 is 1.88. The summed E-state index contributed by atoms with van der Waals surface area (Å²) in [6, 6.07) is 2.28. The van der Waals surface area contributed by atoms with Gasteiger partial charge in [-0.05, 0) is 43.9 Å². The van der Waals surface area contributed by atoms with Gasteiger partial charge in [-0.15, -0.1) is 11.3 Å². The SMILES string of the molecule is CCNCc1cc(COCC2CCOCC2)c(C)s1. The zero-order valence-corrected chi connectivity index (χ0v) is 12.9. The van der Waals surface area contributed by atoms with E-state index < -0.39 is 0 Å². The molecule has 0 amide bonds. The molecule has 0 unspecified atom stereocenters. The Morgan fingerprint density at radius 2 is 2.21 bits per heavy atom. The van der Waals surface area contributed by atoms with Crippen LogP contribution in [0.3, 0.4) is 0 Å². The molecule has 1 fully saturated rings. The van der Waals surface area contributed by atoms with Gasteiger partial charge in [0.15, 0.2) is 0 Å². The van der Waals surface area contributed by atoms with Crippen LogP contribution in [0.4, 0.5) is 0 Å². The third-order valence-corrected chi connectivity index (χ3v) is 4.67. The van der Waals surface area contributed by atoms with E-state index in [-0.39, 0.29) is 0 Å². The smallest absolute Gasteiger partial charge is 0.0727 e. The summed E-state index contributed by atoms with van der Waals surface area (Å²) in [5, 5.41) is 3.37. The van der Waals surface area contributed by atoms with E-state index in [1.165, 1.54) is 15.3 Å². The van der Waals surface area contributed by atoms with Crippen LogP contribution in [0.2, 0.25) is 0 Å².